The molecule has 0 spiro atoms. The predicted molar refractivity (Wildman–Crippen MR) is 85.6 cm³/mol. The topological polar surface area (TPSA) is 93.6 Å². The van der Waals surface area contributed by atoms with Crippen molar-refractivity contribution in [2.24, 2.45) is 16.1 Å². The molecule has 0 fully saturated rings. The molecule has 0 saturated heterocycles. The van der Waals surface area contributed by atoms with E-state index in [9.17, 15) is 9.59 Å². The molecule has 0 bridgehead atoms. The lowest BCUT2D eigenvalue weighted by Crippen LogP contribution is -2.34. The summed E-state index contributed by atoms with van der Waals surface area (Å²) in [6.45, 7) is 6.10. The lowest BCUT2D eigenvalue weighted by molar-refractivity contribution is -0.129. The van der Waals surface area contributed by atoms with Crippen molar-refractivity contribution in [2.45, 2.75) is 40.2 Å². The Morgan fingerprint density at radius 1 is 1.36 bits per heavy atom. The Hall–Kier alpha value is -2.18. The zero-order valence-corrected chi connectivity index (χ0v) is 14.0. The highest BCUT2D eigenvalue weighted by Gasteiger charge is 2.25. The summed E-state index contributed by atoms with van der Waals surface area (Å²) in [5.41, 5.74) is 6.02. The van der Waals surface area contributed by atoms with E-state index in [1.165, 1.54) is 22.0 Å². The quantitative estimate of drug-likeness (QED) is 0.633. The van der Waals surface area contributed by atoms with Gasteiger partial charge in [-0.2, -0.15) is 10.1 Å². The first kappa shape index (κ1) is 17.9. The number of carbonyl (C=O) groups excluding carboxylic acids is 2. The van der Waals surface area contributed by atoms with E-state index in [4.69, 9.17) is 5.73 Å². The first-order valence-corrected chi connectivity index (χ1v) is 7.35. The van der Waals surface area contributed by atoms with Crippen LogP contribution in [0.1, 0.15) is 44.0 Å². The van der Waals surface area contributed by atoms with E-state index in [-0.39, 0.29) is 17.9 Å². The minimum absolute atomic E-state index is 0.0844. The maximum absolute atomic E-state index is 12.2. The number of rotatable bonds is 6. The van der Waals surface area contributed by atoms with Gasteiger partial charge in [-0.25, -0.2) is 0 Å². The van der Waals surface area contributed by atoms with Crippen LogP contribution in [0.4, 0.5) is 0 Å². The fourth-order valence-corrected chi connectivity index (χ4v) is 1.76. The van der Waals surface area contributed by atoms with E-state index >= 15 is 0 Å². The van der Waals surface area contributed by atoms with Crippen LogP contribution in [0.25, 0.3) is 0 Å². The number of carbonyl (C=O) groups is 2. The molecule has 1 aromatic heterocycles. The lowest BCUT2D eigenvalue weighted by Gasteiger charge is -2.25. The summed E-state index contributed by atoms with van der Waals surface area (Å²) in [7, 11) is 3.33. The van der Waals surface area contributed by atoms with Crippen molar-refractivity contribution in [1.29, 1.82) is 0 Å². The zero-order valence-electron chi connectivity index (χ0n) is 14.0. The molecule has 0 aliphatic rings. The molecule has 0 atom stereocenters. The predicted octanol–water partition coefficient (Wildman–Crippen LogP) is 1.29. The number of aromatic nitrogens is 2. The average Bonchev–Trinajstić information content (AvgIpc) is 2.94. The number of likely N-dealkylation sites (N-methyl/N-ethyl adjacent to an activating group) is 1. The third-order valence-electron chi connectivity index (χ3n) is 4.08. The van der Waals surface area contributed by atoms with Crippen molar-refractivity contribution in [1.82, 2.24) is 14.7 Å². The van der Waals surface area contributed by atoms with Gasteiger partial charge in [-0.05, 0) is 12.8 Å². The molecule has 0 aliphatic carbocycles. The number of nitrogens with zero attached hydrogens (tertiary/aromatic N) is 4. The SMILES string of the molecule is CCC(C)(CC)C(N)=NC(=O)c1cnn(CC(=O)N(C)C)c1. The molecule has 2 N–H and O–H groups in total. The van der Waals surface area contributed by atoms with Crippen LogP contribution in [0.3, 0.4) is 0 Å². The van der Waals surface area contributed by atoms with Crippen LogP contribution in [-0.4, -0.2) is 46.4 Å². The molecule has 1 aromatic rings. The summed E-state index contributed by atoms with van der Waals surface area (Å²) >= 11 is 0. The van der Waals surface area contributed by atoms with Crippen LogP contribution in [0.5, 0.6) is 0 Å². The van der Waals surface area contributed by atoms with Crippen molar-refractivity contribution in [3.63, 3.8) is 0 Å². The van der Waals surface area contributed by atoms with Crippen molar-refractivity contribution < 1.29 is 9.59 Å². The Bertz CT molecular complexity index is 570. The second-order valence-corrected chi connectivity index (χ2v) is 5.78. The van der Waals surface area contributed by atoms with Gasteiger partial charge in [0, 0.05) is 25.7 Å². The second-order valence-electron chi connectivity index (χ2n) is 5.78. The highest BCUT2D eigenvalue weighted by Crippen LogP contribution is 2.25. The number of hydrogen-bond donors (Lipinski definition) is 1. The maximum Gasteiger partial charge on any atom is 0.281 e. The Morgan fingerprint density at radius 2 is 1.95 bits per heavy atom. The lowest BCUT2D eigenvalue weighted by atomic mass is 9.83. The standard InChI is InChI=1S/C15H25N5O2/c1-6-15(3,7-2)14(16)18-13(22)11-8-17-20(9-11)10-12(21)19(4)5/h8-9H,6-7,10H2,1-5H3,(H2,16,18,22). The molecule has 0 unspecified atom stereocenters. The van der Waals surface area contributed by atoms with Gasteiger partial charge < -0.3 is 10.6 Å². The summed E-state index contributed by atoms with van der Waals surface area (Å²) in [5.74, 6) is -0.205. The number of amidine groups is 1. The van der Waals surface area contributed by atoms with Gasteiger partial charge in [-0.3, -0.25) is 14.3 Å². The molecule has 1 rings (SSSR count). The summed E-state index contributed by atoms with van der Waals surface area (Å²) in [6.07, 6.45) is 4.53. The minimum atomic E-state index is -0.436. The molecule has 7 heteroatoms. The molecule has 0 aromatic carbocycles. The van der Waals surface area contributed by atoms with Gasteiger partial charge in [0.05, 0.1) is 11.8 Å². The molecule has 2 amide bonds. The van der Waals surface area contributed by atoms with E-state index < -0.39 is 5.91 Å². The zero-order chi connectivity index (χ0) is 16.9. The van der Waals surface area contributed by atoms with Gasteiger partial charge in [0.1, 0.15) is 12.4 Å². The average molecular weight is 307 g/mol. The highest BCUT2D eigenvalue weighted by molar-refractivity contribution is 6.04. The van der Waals surface area contributed by atoms with Crippen molar-refractivity contribution in [3.05, 3.63) is 18.0 Å². The van der Waals surface area contributed by atoms with Crippen LogP contribution in [0.15, 0.2) is 17.4 Å². The molecule has 0 radical (unpaired) electrons. The fourth-order valence-electron chi connectivity index (χ4n) is 1.76. The van der Waals surface area contributed by atoms with Gasteiger partial charge >= 0.3 is 0 Å². The molecular weight excluding hydrogens is 282 g/mol. The smallest absolute Gasteiger partial charge is 0.281 e. The van der Waals surface area contributed by atoms with Crippen molar-refractivity contribution >= 4 is 17.6 Å². The summed E-state index contributed by atoms with van der Waals surface area (Å²) in [6, 6.07) is 0. The van der Waals surface area contributed by atoms with Crippen LogP contribution in [0.2, 0.25) is 0 Å². The second kappa shape index (κ2) is 7.20. The van der Waals surface area contributed by atoms with Gasteiger partial charge in [0.25, 0.3) is 5.91 Å². The number of nitrogens with two attached hydrogens (primary N) is 1. The Kier molecular flexibility index (Phi) is 5.84. The van der Waals surface area contributed by atoms with Crippen molar-refractivity contribution in [3.8, 4) is 0 Å². The highest BCUT2D eigenvalue weighted by atomic mass is 16.2. The molecule has 7 nitrogen and oxygen atoms in total. The largest absolute Gasteiger partial charge is 0.387 e. The van der Waals surface area contributed by atoms with E-state index in [1.54, 1.807) is 14.1 Å². The molecule has 22 heavy (non-hydrogen) atoms. The van der Waals surface area contributed by atoms with Crippen LogP contribution < -0.4 is 5.73 Å². The van der Waals surface area contributed by atoms with Gasteiger partial charge in [0.15, 0.2) is 0 Å². The van der Waals surface area contributed by atoms with Gasteiger partial charge in [0.2, 0.25) is 5.91 Å². The first-order chi connectivity index (χ1) is 10.2. The number of aliphatic imine (C=N–C) groups is 1. The van der Waals surface area contributed by atoms with Crippen LogP contribution >= 0.6 is 0 Å². The summed E-state index contributed by atoms with van der Waals surface area (Å²) < 4.78 is 1.42. The van der Waals surface area contributed by atoms with E-state index in [1.807, 2.05) is 20.8 Å². The van der Waals surface area contributed by atoms with Crippen LogP contribution in [0, 0.1) is 5.41 Å². The Labute approximate surface area is 131 Å². The molecule has 122 valence electrons. The summed E-state index contributed by atoms with van der Waals surface area (Å²) in [5, 5.41) is 4.01. The molecule has 1 heterocycles. The molecular formula is C15H25N5O2. The van der Waals surface area contributed by atoms with Crippen molar-refractivity contribution in [2.75, 3.05) is 14.1 Å². The monoisotopic (exact) mass is 307 g/mol. The Balaban J connectivity index is 2.87. The molecule has 0 aliphatic heterocycles. The first-order valence-electron chi connectivity index (χ1n) is 7.35. The molecule has 0 saturated carbocycles. The number of amides is 2. The Morgan fingerprint density at radius 3 is 2.45 bits per heavy atom. The summed E-state index contributed by atoms with van der Waals surface area (Å²) in [4.78, 5) is 29.2. The maximum atomic E-state index is 12.2. The van der Waals surface area contributed by atoms with E-state index in [0.717, 1.165) is 12.8 Å². The van der Waals surface area contributed by atoms with Gasteiger partial charge in [-0.1, -0.05) is 20.8 Å². The third-order valence-corrected chi connectivity index (χ3v) is 4.08. The van der Waals surface area contributed by atoms with Gasteiger partial charge in [-0.15, -0.1) is 0 Å². The van der Waals surface area contributed by atoms with Crippen LogP contribution in [-0.2, 0) is 11.3 Å². The number of hydrogen-bond acceptors (Lipinski definition) is 3. The van der Waals surface area contributed by atoms with E-state index in [0.29, 0.717) is 11.4 Å². The minimum Gasteiger partial charge on any atom is -0.387 e. The third kappa shape index (κ3) is 4.16. The normalized spacial score (nSPS) is 12.3. The van der Waals surface area contributed by atoms with E-state index in [2.05, 4.69) is 10.1 Å². The fraction of sp³-hybridized carbons (Fsp3) is 0.600.